The number of amides is 1. The third-order valence-electron chi connectivity index (χ3n) is 3.46. The second-order valence-electron chi connectivity index (χ2n) is 5.11. The predicted octanol–water partition coefficient (Wildman–Crippen LogP) is 2.81. The number of benzene rings is 1. The maximum absolute atomic E-state index is 12.3. The van der Waals surface area contributed by atoms with Gasteiger partial charge in [-0.2, -0.15) is 0 Å². The Kier molecular flexibility index (Phi) is 3.81. The molecule has 5 heteroatoms. The highest BCUT2D eigenvalue weighted by atomic mass is 16.5. The molecule has 0 bridgehead atoms. The van der Waals surface area contributed by atoms with E-state index in [1.807, 2.05) is 24.0 Å². The van der Waals surface area contributed by atoms with E-state index in [0.29, 0.717) is 17.3 Å². The van der Waals surface area contributed by atoms with Gasteiger partial charge in [0.2, 0.25) is 0 Å². The Morgan fingerprint density at radius 2 is 2.05 bits per heavy atom. The van der Waals surface area contributed by atoms with Gasteiger partial charge in [-0.1, -0.05) is 6.07 Å². The summed E-state index contributed by atoms with van der Waals surface area (Å²) >= 11 is 0. The van der Waals surface area contributed by atoms with E-state index < -0.39 is 0 Å². The fourth-order valence-electron chi connectivity index (χ4n) is 2.38. The molecule has 1 fully saturated rings. The van der Waals surface area contributed by atoms with Crippen LogP contribution in [0.5, 0.6) is 11.8 Å². The molecule has 2 heterocycles. The Morgan fingerprint density at radius 3 is 2.81 bits per heavy atom. The summed E-state index contributed by atoms with van der Waals surface area (Å²) in [5.41, 5.74) is 1.48. The zero-order valence-corrected chi connectivity index (χ0v) is 12.0. The van der Waals surface area contributed by atoms with E-state index in [1.165, 1.54) is 0 Å². The maximum atomic E-state index is 12.3. The minimum atomic E-state index is 0.0584. The average Bonchev–Trinajstić information content (AvgIpc) is 3.01. The van der Waals surface area contributed by atoms with Crippen LogP contribution in [0.4, 0.5) is 0 Å². The number of nitrogens with zero attached hydrogens (tertiary/aromatic N) is 3. The van der Waals surface area contributed by atoms with Crippen molar-refractivity contribution in [2.45, 2.75) is 19.8 Å². The van der Waals surface area contributed by atoms with E-state index in [0.717, 1.165) is 31.6 Å². The molecule has 1 aromatic carbocycles. The molecule has 0 saturated carbocycles. The van der Waals surface area contributed by atoms with Gasteiger partial charge < -0.3 is 9.64 Å². The molecule has 1 aliphatic rings. The predicted molar refractivity (Wildman–Crippen MR) is 78.4 cm³/mol. The summed E-state index contributed by atoms with van der Waals surface area (Å²) in [6, 6.07) is 9.26. The van der Waals surface area contributed by atoms with E-state index in [4.69, 9.17) is 4.74 Å². The van der Waals surface area contributed by atoms with Crippen molar-refractivity contribution in [2.75, 3.05) is 13.1 Å². The minimum absolute atomic E-state index is 0.0584. The van der Waals surface area contributed by atoms with Gasteiger partial charge in [0.15, 0.2) is 0 Å². The summed E-state index contributed by atoms with van der Waals surface area (Å²) in [7, 11) is 0. The molecular formula is C16H17N3O2. The molecule has 3 rings (SSSR count). The van der Waals surface area contributed by atoms with E-state index >= 15 is 0 Å². The lowest BCUT2D eigenvalue weighted by molar-refractivity contribution is 0.0792. The van der Waals surface area contributed by atoms with Crippen molar-refractivity contribution in [2.24, 2.45) is 0 Å². The second kappa shape index (κ2) is 5.91. The molecule has 0 radical (unpaired) electrons. The van der Waals surface area contributed by atoms with Gasteiger partial charge in [0.25, 0.3) is 5.91 Å². The minimum Gasteiger partial charge on any atom is -0.424 e. The van der Waals surface area contributed by atoms with Crippen LogP contribution in [0.25, 0.3) is 0 Å². The molecule has 1 amide bonds. The van der Waals surface area contributed by atoms with Gasteiger partial charge in [0.05, 0.1) is 0 Å². The van der Waals surface area contributed by atoms with Crippen molar-refractivity contribution < 1.29 is 9.53 Å². The van der Waals surface area contributed by atoms with E-state index in [1.54, 1.807) is 24.4 Å². The fourth-order valence-corrected chi connectivity index (χ4v) is 2.38. The lowest BCUT2D eigenvalue weighted by Crippen LogP contribution is -2.27. The van der Waals surface area contributed by atoms with E-state index in [-0.39, 0.29) is 5.91 Å². The first kappa shape index (κ1) is 13.5. The number of hydrogen-bond donors (Lipinski definition) is 0. The summed E-state index contributed by atoms with van der Waals surface area (Å²) in [6.07, 6.45) is 3.81. The summed E-state index contributed by atoms with van der Waals surface area (Å²) in [5.74, 6) is 0.633. The first-order valence-corrected chi connectivity index (χ1v) is 7.09. The van der Waals surface area contributed by atoms with Gasteiger partial charge in [-0.05, 0) is 44.0 Å². The second-order valence-corrected chi connectivity index (χ2v) is 5.11. The normalized spacial score (nSPS) is 14.2. The average molecular weight is 283 g/mol. The highest BCUT2D eigenvalue weighted by Crippen LogP contribution is 2.21. The molecule has 1 aromatic heterocycles. The molecule has 21 heavy (non-hydrogen) atoms. The van der Waals surface area contributed by atoms with Crippen LogP contribution in [0.15, 0.2) is 36.5 Å². The van der Waals surface area contributed by atoms with Crippen LogP contribution in [0, 0.1) is 6.92 Å². The van der Waals surface area contributed by atoms with Crippen molar-refractivity contribution in [3.8, 4) is 11.8 Å². The summed E-state index contributed by atoms with van der Waals surface area (Å²) in [4.78, 5) is 22.5. The summed E-state index contributed by atoms with van der Waals surface area (Å²) < 4.78 is 5.62. The van der Waals surface area contributed by atoms with Crippen molar-refractivity contribution in [1.29, 1.82) is 0 Å². The Bertz CT molecular complexity index is 651. The number of aryl methyl sites for hydroxylation is 1. The third kappa shape index (κ3) is 3.18. The highest BCUT2D eigenvalue weighted by Gasteiger charge is 2.19. The molecule has 0 unspecified atom stereocenters. The van der Waals surface area contributed by atoms with Gasteiger partial charge >= 0.3 is 6.01 Å². The molecule has 0 aliphatic carbocycles. The van der Waals surface area contributed by atoms with Crippen LogP contribution in [0.1, 0.15) is 28.9 Å². The molecule has 1 aliphatic heterocycles. The molecule has 5 nitrogen and oxygen atoms in total. The number of ether oxygens (including phenoxy) is 1. The van der Waals surface area contributed by atoms with Gasteiger partial charge in [-0.15, -0.1) is 0 Å². The van der Waals surface area contributed by atoms with Crippen molar-refractivity contribution in [1.82, 2.24) is 14.9 Å². The molecule has 0 N–H and O–H groups in total. The Hall–Kier alpha value is -2.43. The lowest BCUT2D eigenvalue weighted by atomic mass is 10.2. The topological polar surface area (TPSA) is 55.3 Å². The van der Waals surface area contributed by atoms with Crippen molar-refractivity contribution in [3.05, 3.63) is 47.8 Å². The molecular weight excluding hydrogens is 266 g/mol. The number of hydrogen-bond acceptors (Lipinski definition) is 4. The van der Waals surface area contributed by atoms with Crippen molar-refractivity contribution in [3.63, 3.8) is 0 Å². The molecule has 108 valence electrons. The number of rotatable bonds is 3. The largest absolute Gasteiger partial charge is 0.424 e. The third-order valence-corrected chi connectivity index (χ3v) is 3.46. The standard InChI is InChI=1S/C16H17N3O2/c1-12-7-8-17-16(18-12)21-14-6-4-5-13(11-14)15(20)19-9-2-3-10-19/h4-8,11H,2-3,9-10H2,1H3. The number of aromatic nitrogens is 2. The van der Waals surface area contributed by atoms with Crippen LogP contribution < -0.4 is 4.74 Å². The summed E-state index contributed by atoms with van der Waals surface area (Å²) in [5, 5.41) is 0. The summed E-state index contributed by atoms with van der Waals surface area (Å²) in [6.45, 7) is 3.55. The zero-order valence-electron chi connectivity index (χ0n) is 12.0. The van der Waals surface area contributed by atoms with Crippen LogP contribution in [0.3, 0.4) is 0 Å². The smallest absolute Gasteiger partial charge is 0.322 e. The fraction of sp³-hybridized carbons (Fsp3) is 0.312. The van der Waals surface area contributed by atoms with Crippen LogP contribution >= 0.6 is 0 Å². The zero-order chi connectivity index (χ0) is 14.7. The monoisotopic (exact) mass is 283 g/mol. The highest BCUT2D eigenvalue weighted by molar-refractivity contribution is 5.94. The van der Waals surface area contributed by atoms with E-state index in [2.05, 4.69) is 9.97 Å². The van der Waals surface area contributed by atoms with Gasteiger partial charge in [0.1, 0.15) is 5.75 Å². The Morgan fingerprint density at radius 1 is 1.24 bits per heavy atom. The van der Waals surface area contributed by atoms with Crippen LogP contribution in [-0.4, -0.2) is 33.9 Å². The lowest BCUT2D eigenvalue weighted by Gasteiger charge is -2.15. The molecule has 1 saturated heterocycles. The van der Waals surface area contributed by atoms with Gasteiger partial charge in [0, 0.05) is 30.5 Å². The SMILES string of the molecule is Cc1ccnc(Oc2cccc(C(=O)N3CCCC3)c2)n1. The molecule has 0 atom stereocenters. The molecule has 2 aromatic rings. The Balaban J connectivity index is 1.78. The number of carbonyl (C=O) groups is 1. The van der Waals surface area contributed by atoms with E-state index in [9.17, 15) is 4.79 Å². The van der Waals surface area contributed by atoms with Crippen molar-refractivity contribution >= 4 is 5.91 Å². The van der Waals surface area contributed by atoms with Gasteiger partial charge in [-0.3, -0.25) is 4.79 Å². The first-order valence-electron chi connectivity index (χ1n) is 7.09. The number of carbonyl (C=O) groups excluding carboxylic acids is 1. The first-order chi connectivity index (χ1) is 10.2. The van der Waals surface area contributed by atoms with Gasteiger partial charge in [-0.25, -0.2) is 9.97 Å². The molecule has 0 spiro atoms. The van der Waals surface area contributed by atoms with Crippen LogP contribution in [0.2, 0.25) is 0 Å². The van der Waals surface area contributed by atoms with Crippen LogP contribution in [-0.2, 0) is 0 Å². The Labute approximate surface area is 123 Å². The maximum Gasteiger partial charge on any atom is 0.322 e. The number of likely N-dealkylation sites (tertiary alicyclic amines) is 1. The quantitative estimate of drug-likeness (QED) is 0.869.